The molecule has 4 nitrogen and oxygen atoms in total. The van der Waals surface area contributed by atoms with Crippen LogP contribution >= 0.6 is 11.6 Å². The van der Waals surface area contributed by atoms with Crippen LogP contribution in [0, 0.1) is 0 Å². The SMILES string of the molecule is CCc1nn(C)c(CNCC(C)(C)O)c1Cl. The Kier molecular flexibility index (Phi) is 4.35. The minimum atomic E-state index is -0.710. The van der Waals surface area contributed by atoms with E-state index in [4.69, 9.17) is 11.6 Å². The minimum absolute atomic E-state index is 0.524. The highest BCUT2D eigenvalue weighted by molar-refractivity contribution is 6.31. The topological polar surface area (TPSA) is 50.1 Å². The summed E-state index contributed by atoms with van der Waals surface area (Å²) in [4.78, 5) is 0. The lowest BCUT2D eigenvalue weighted by molar-refractivity contribution is 0.0793. The Hall–Kier alpha value is -0.580. The van der Waals surface area contributed by atoms with E-state index >= 15 is 0 Å². The summed E-state index contributed by atoms with van der Waals surface area (Å²) in [7, 11) is 1.88. The highest BCUT2D eigenvalue weighted by Crippen LogP contribution is 2.20. The van der Waals surface area contributed by atoms with Crippen LogP contribution in [0.25, 0.3) is 0 Å². The van der Waals surface area contributed by atoms with E-state index < -0.39 is 5.60 Å². The number of rotatable bonds is 5. The van der Waals surface area contributed by atoms with Gasteiger partial charge in [-0.25, -0.2) is 0 Å². The van der Waals surface area contributed by atoms with Crippen molar-refractivity contribution in [3.05, 3.63) is 16.4 Å². The predicted octanol–water partition coefficient (Wildman–Crippen LogP) is 1.50. The third-order valence-corrected chi connectivity index (χ3v) is 2.79. The molecule has 0 spiro atoms. The first-order valence-electron chi connectivity index (χ1n) is 5.48. The van der Waals surface area contributed by atoms with E-state index in [2.05, 4.69) is 10.4 Å². The molecule has 1 aromatic rings. The van der Waals surface area contributed by atoms with Gasteiger partial charge in [0.15, 0.2) is 0 Å². The molecular weight excluding hydrogens is 226 g/mol. The lowest BCUT2D eigenvalue weighted by Gasteiger charge is -2.17. The molecule has 1 aromatic heterocycles. The first-order valence-corrected chi connectivity index (χ1v) is 5.86. The lowest BCUT2D eigenvalue weighted by atomic mass is 10.1. The normalized spacial score (nSPS) is 12.1. The van der Waals surface area contributed by atoms with Gasteiger partial charge >= 0.3 is 0 Å². The van der Waals surface area contributed by atoms with Crippen molar-refractivity contribution >= 4 is 11.6 Å². The Morgan fingerprint density at radius 1 is 1.50 bits per heavy atom. The highest BCUT2D eigenvalue weighted by Gasteiger charge is 2.15. The summed E-state index contributed by atoms with van der Waals surface area (Å²) < 4.78 is 1.79. The van der Waals surface area contributed by atoms with E-state index in [1.807, 2.05) is 14.0 Å². The second-order valence-electron chi connectivity index (χ2n) is 4.60. The number of nitrogens with one attached hydrogen (secondary N) is 1. The number of nitrogens with zero attached hydrogens (tertiary/aromatic N) is 2. The monoisotopic (exact) mass is 245 g/mol. The second-order valence-corrected chi connectivity index (χ2v) is 4.98. The summed E-state index contributed by atoms with van der Waals surface area (Å²) in [5.74, 6) is 0. The van der Waals surface area contributed by atoms with Gasteiger partial charge in [0.1, 0.15) is 0 Å². The molecule has 0 atom stereocenters. The van der Waals surface area contributed by atoms with Gasteiger partial charge in [-0.1, -0.05) is 18.5 Å². The van der Waals surface area contributed by atoms with Gasteiger partial charge in [0.2, 0.25) is 0 Å². The summed E-state index contributed by atoms with van der Waals surface area (Å²) in [5, 5.41) is 17.8. The first kappa shape index (κ1) is 13.5. The quantitative estimate of drug-likeness (QED) is 0.827. The van der Waals surface area contributed by atoms with Crippen molar-refractivity contribution in [3.8, 4) is 0 Å². The maximum Gasteiger partial charge on any atom is 0.0863 e. The molecular formula is C11H20ClN3O. The smallest absolute Gasteiger partial charge is 0.0863 e. The van der Waals surface area contributed by atoms with Crippen LogP contribution in [0.4, 0.5) is 0 Å². The van der Waals surface area contributed by atoms with Crippen molar-refractivity contribution in [2.45, 2.75) is 39.3 Å². The van der Waals surface area contributed by atoms with Gasteiger partial charge in [0, 0.05) is 20.1 Å². The Morgan fingerprint density at radius 2 is 2.12 bits per heavy atom. The molecule has 0 aliphatic carbocycles. The minimum Gasteiger partial charge on any atom is -0.389 e. The Bertz CT molecular complexity index is 355. The highest BCUT2D eigenvalue weighted by atomic mass is 35.5. The molecule has 1 heterocycles. The lowest BCUT2D eigenvalue weighted by Crippen LogP contribution is -2.34. The zero-order valence-electron chi connectivity index (χ0n) is 10.3. The van der Waals surface area contributed by atoms with E-state index in [1.54, 1.807) is 18.5 Å². The van der Waals surface area contributed by atoms with Gasteiger partial charge in [-0.05, 0) is 20.3 Å². The third-order valence-electron chi connectivity index (χ3n) is 2.35. The number of aromatic nitrogens is 2. The average Bonchev–Trinajstić information content (AvgIpc) is 2.42. The summed E-state index contributed by atoms with van der Waals surface area (Å²) in [6, 6.07) is 0. The van der Waals surface area contributed by atoms with Crippen LogP contribution in [-0.4, -0.2) is 27.0 Å². The maximum atomic E-state index is 9.57. The summed E-state index contributed by atoms with van der Waals surface area (Å²) in [5.41, 5.74) is 1.17. The van der Waals surface area contributed by atoms with Crippen molar-refractivity contribution in [1.29, 1.82) is 0 Å². The Morgan fingerprint density at radius 3 is 2.56 bits per heavy atom. The molecule has 0 amide bonds. The molecule has 0 aliphatic rings. The van der Waals surface area contributed by atoms with E-state index in [-0.39, 0.29) is 0 Å². The van der Waals surface area contributed by atoms with Crippen molar-refractivity contribution in [2.24, 2.45) is 7.05 Å². The van der Waals surface area contributed by atoms with Crippen LogP contribution in [0.5, 0.6) is 0 Å². The van der Waals surface area contributed by atoms with Crippen LogP contribution < -0.4 is 5.32 Å². The number of hydrogen-bond donors (Lipinski definition) is 2. The molecule has 0 aliphatic heterocycles. The molecule has 16 heavy (non-hydrogen) atoms. The molecule has 92 valence electrons. The largest absolute Gasteiger partial charge is 0.389 e. The molecule has 2 N–H and O–H groups in total. The molecule has 0 aromatic carbocycles. The van der Waals surface area contributed by atoms with Gasteiger partial charge in [0.25, 0.3) is 0 Å². The van der Waals surface area contributed by atoms with E-state index in [0.29, 0.717) is 13.1 Å². The molecule has 0 bridgehead atoms. The zero-order valence-corrected chi connectivity index (χ0v) is 11.1. The van der Waals surface area contributed by atoms with Crippen LogP contribution in [0.3, 0.4) is 0 Å². The van der Waals surface area contributed by atoms with Gasteiger partial charge in [-0.2, -0.15) is 5.10 Å². The molecule has 0 unspecified atom stereocenters. The van der Waals surface area contributed by atoms with Crippen molar-refractivity contribution in [3.63, 3.8) is 0 Å². The van der Waals surface area contributed by atoms with Crippen molar-refractivity contribution in [2.75, 3.05) is 6.54 Å². The van der Waals surface area contributed by atoms with E-state index in [9.17, 15) is 5.11 Å². The Balaban J connectivity index is 2.64. The third kappa shape index (κ3) is 3.47. The average molecular weight is 246 g/mol. The molecule has 0 saturated carbocycles. The molecule has 0 saturated heterocycles. The van der Waals surface area contributed by atoms with Gasteiger partial charge < -0.3 is 10.4 Å². The molecule has 0 radical (unpaired) electrons. The zero-order chi connectivity index (χ0) is 12.3. The van der Waals surface area contributed by atoms with Gasteiger partial charge in [-0.3, -0.25) is 4.68 Å². The van der Waals surface area contributed by atoms with E-state index in [0.717, 1.165) is 22.8 Å². The Labute approximate surface area is 102 Å². The molecule has 5 heteroatoms. The van der Waals surface area contributed by atoms with Crippen LogP contribution in [0.1, 0.15) is 32.2 Å². The van der Waals surface area contributed by atoms with Crippen molar-refractivity contribution in [1.82, 2.24) is 15.1 Å². The number of aryl methyl sites for hydroxylation is 2. The fourth-order valence-electron chi connectivity index (χ4n) is 1.50. The number of halogens is 1. The van der Waals surface area contributed by atoms with Crippen LogP contribution in [0.2, 0.25) is 5.02 Å². The summed E-state index contributed by atoms with van der Waals surface area (Å²) in [6.45, 7) is 6.70. The van der Waals surface area contributed by atoms with Crippen molar-refractivity contribution < 1.29 is 5.11 Å². The van der Waals surface area contributed by atoms with Gasteiger partial charge in [-0.15, -0.1) is 0 Å². The number of aliphatic hydroxyl groups is 1. The van der Waals surface area contributed by atoms with Crippen LogP contribution in [0.15, 0.2) is 0 Å². The number of hydrogen-bond acceptors (Lipinski definition) is 3. The van der Waals surface area contributed by atoms with Crippen LogP contribution in [-0.2, 0) is 20.0 Å². The predicted molar refractivity (Wildman–Crippen MR) is 65.6 cm³/mol. The summed E-state index contributed by atoms with van der Waals surface area (Å²) in [6.07, 6.45) is 0.832. The standard InChI is InChI=1S/C11H20ClN3O/c1-5-8-10(12)9(15(4)14-8)6-13-7-11(2,3)16/h13,16H,5-7H2,1-4H3. The molecule has 0 fully saturated rings. The second kappa shape index (κ2) is 5.17. The molecule has 1 rings (SSSR count). The van der Waals surface area contributed by atoms with Gasteiger partial charge in [0.05, 0.1) is 22.0 Å². The fourth-order valence-corrected chi connectivity index (χ4v) is 1.86. The first-order chi connectivity index (χ1) is 7.35. The van der Waals surface area contributed by atoms with E-state index in [1.165, 1.54) is 0 Å². The fraction of sp³-hybridized carbons (Fsp3) is 0.727. The summed E-state index contributed by atoms with van der Waals surface area (Å²) >= 11 is 6.19. The maximum absolute atomic E-state index is 9.57.